The van der Waals surface area contributed by atoms with Gasteiger partial charge in [-0.25, -0.2) is 4.39 Å². The van der Waals surface area contributed by atoms with Crippen LogP contribution in [0.2, 0.25) is 0 Å². The van der Waals surface area contributed by atoms with Crippen molar-refractivity contribution in [3.8, 4) is 5.75 Å². The highest BCUT2D eigenvalue weighted by molar-refractivity contribution is 5.77. The number of carbonyl (C=O) groups excluding carboxylic acids is 1. The summed E-state index contributed by atoms with van der Waals surface area (Å²) in [6.07, 6.45) is 0.362. The number of anilines is 2. The standard InChI is InChI=1S/C14H22FN3O2/c1-4-18(5-2)14(19)6-7-17-12-9-13(20-3)10(15)8-11(12)16/h8-9,17H,4-7,16H2,1-3H3. The fraction of sp³-hybridized carbons (Fsp3) is 0.500. The van der Waals surface area contributed by atoms with E-state index in [-0.39, 0.29) is 11.7 Å². The van der Waals surface area contributed by atoms with Crippen LogP contribution in [0.5, 0.6) is 5.75 Å². The predicted molar refractivity (Wildman–Crippen MR) is 78.4 cm³/mol. The fourth-order valence-corrected chi connectivity index (χ4v) is 1.92. The van der Waals surface area contributed by atoms with Gasteiger partial charge in [0.15, 0.2) is 11.6 Å². The number of methoxy groups -OCH3 is 1. The Hall–Kier alpha value is -1.98. The first-order valence-electron chi connectivity index (χ1n) is 6.68. The van der Waals surface area contributed by atoms with E-state index in [1.165, 1.54) is 19.2 Å². The van der Waals surface area contributed by atoms with E-state index < -0.39 is 5.82 Å². The largest absolute Gasteiger partial charge is 0.494 e. The molecule has 1 aromatic rings. The first-order valence-corrected chi connectivity index (χ1v) is 6.68. The molecule has 0 aliphatic heterocycles. The molecule has 0 aliphatic carbocycles. The van der Waals surface area contributed by atoms with E-state index in [4.69, 9.17) is 10.5 Å². The summed E-state index contributed by atoms with van der Waals surface area (Å²) in [6.45, 7) is 5.72. The van der Waals surface area contributed by atoms with E-state index in [1.54, 1.807) is 4.90 Å². The molecule has 20 heavy (non-hydrogen) atoms. The first-order chi connectivity index (χ1) is 9.53. The number of rotatable bonds is 7. The van der Waals surface area contributed by atoms with Crippen LogP contribution < -0.4 is 15.8 Å². The summed E-state index contributed by atoms with van der Waals surface area (Å²) in [6, 6.07) is 2.69. The molecule has 0 radical (unpaired) electrons. The lowest BCUT2D eigenvalue weighted by atomic mass is 10.2. The van der Waals surface area contributed by atoms with Crippen LogP contribution in [-0.4, -0.2) is 37.6 Å². The van der Waals surface area contributed by atoms with Crippen LogP contribution in [0, 0.1) is 5.82 Å². The summed E-state index contributed by atoms with van der Waals surface area (Å²) < 4.78 is 18.3. The number of nitrogen functional groups attached to an aromatic ring is 1. The van der Waals surface area contributed by atoms with Crippen molar-refractivity contribution in [3.63, 3.8) is 0 Å². The molecule has 0 spiro atoms. The molecule has 0 saturated carbocycles. The molecule has 0 aliphatic rings. The molecule has 5 nitrogen and oxygen atoms in total. The van der Waals surface area contributed by atoms with Crippen molar-refractivity contribution < 1.29 is 13.9 Å². The van der Waals surface area contributed by atoms with Gasteiger partial charge in [-0.3, -0.25) is 4.79 Å². The quantitative estimate of drug-likeness (QED) is 0.752. The second-order valence-electron chi connectivity index (χ2n) is 4.32. The van der Waals surface area contributed by atoms with Crippen molar-refractivity contribution in [2.45, 2.75) is 20.3 Å². The van der Waals surface area contributed by atoms with E-state index in [0.29, 0.717) is 37.4 Å². The zero-order valence-electron chi connectivity index (χ0n) is 12.2. The van der Waals surface area contributed by atoms with Gasteiger partial charge < -0.3 is 20.7 Å². The second kappa shape index (κ2) is 7.57. The van der Waals surface area contributed by atoms with E-state index in [1.807, 2.05) is 13.8 Å². The smallest absolute Gasteiger partial charge is 0.224 e. The number of nitrogens with zero attached hydrogens (tertiary/aromatic N) is 1. The molecule has 112 valence electrons. The molecule has 1 aromatic carbocycles. The molecule has 0 aromatic heterocycles. The van der Waals surface area contributed by atoms with Crippen LogP contribution in [0.25, 0.3) is 0 Å². The topological polar surface area (TPSA) is 67.6 Å². The minimum Gasteiger partial charge on any atom is -0.494 e. The van der Waals surface area contributed by atoms with Gasteiger partial charge in [0.2, 0.25) is 5.91 Å². The summed E-state index contributed by atoms with van der Waals surface area (Å²) in [5.41, 5.74) is 6.58. The van der Waals surface area contributed by atoms with Crippen molar-refractivity contribution in [2.75, 3.05) is 37.8 Å². The van der Waals surface area contributed by atoms with Gasteiger partial charge in [-0.05, 0) is 13.8 Å². The van der Waals surface area contributed by atoms with E-state index in [2.05, 4.69) is 5.32 Å². The maximum atomic E-state index is 13.4. The number of nitrogens with one attached hydrogen (secondary N) is 1. The Morgan fingerprint density at radius 3 is 2.60 bits per heavy atom. The molecule has 1 amide bonds. The first kappa shape index (κ1) is 16.1. The number of amides is 1. The van der Waals surface area contributed by atoms with Crippen LogP contribution in [-0.2, 0) is 4.79 Å². The maximum absolute atomic E-state index is 13.4. The number of hydrogen-bond donors (Lipinski definition) is 2. The summed E-state index contributed by atoms with van der Waals surface area (Å²) in [7, 11) is 1.39. The number of carbonyl (C=O) groups is 1. The van der Waals surface area contributed by atoms with Gasteiger partial charge in [0.25, 0.3) is 0 Å². The number of ether oxygens (including phenoxy) is 1. The van der Waals surface area contributed by atoms with E-state index >= 15 is 0 Å². The van der Waals surface area contributed by atoms with Gasteiger partial charge in [-0.1, -0.05) is 0 Å². The monoisotopic (exact) mass is 283 g/mol. The van der Waals surface area contributed by atoms with Crippen LogP contribution in [0.3, 0.4) is 0 Å². The third kappa shape index (κ3) is 4.01. The Morgan fingerprint density at radius 2 is 2.05 bits per heavy atom. The summed E-state index contributed by atoms with van der Waals surface area (Å²) in [5.74, 6) is -0.304. The molecule has 6 heteroatoms. The van der Waals surface area contributed by atoms with Gasteiger partial charge in [-0.15, -0.1) is 0 Å². The number of nitrogens with two attached hydrogens (primary N) is 1. The molecular weight excluding hydrogens is 261 g/mol. The van der Waals surface area contributed by atoms with Gasteiger partial charge in [0.1, 0.15) is 0 Å². The molecule has 0 heterocycles. The van der Waals surface area contributed by atoms with Crippen LogP contribution >= 0.6 is 0 Å². The number of benzene rings is 1. The van der Waals surface area contributed by atoms with Crippen LogP contribution in [0.1, 0.15) is 20.3 Å². The summed E-state index contributed by atoms with van der Waals surface area (Å²) in [5, 5.41) is 3.03. The van der Waals surface area contributed by atoms with Crippen molar-refractivity contribution in [3.05, 3.63) is 17.9 Å². The third-order valence-electron chi connectivity index (χ3n) is 3.09. The molecule has 1 rings (SSSR count). The molecular formula is C14H22FN3O2. The molecule has 3 N–H and O–H groups in total. The lowest BCUT2D eigenvalue weighted by Crippen LogP contribution is -2.31. The SMILES string of the molecule is CCN(CC)C(=O)CCNc1cc(OC)c(F)cc1N. The highest BCUT2D eigenvalue weighted by atomic mass is 19.1. The molecule has 0 fully saturated rings. The molecule has 0 atom stereocenters. The zero-order valence-corrected chi connectivity index (χ0v) is 12.2. The normalized spacial score (nSPS) is 10.2. The van der Waals surface area contributed by atoms with Crippen molar-refractivity contribution in [1.82, 2.24) is 4.90 Å². The lowest BCUT2D eigenvalue weighted by Gasteiger charge is -2.19. The molecule has 0 bridgehead atoms. The summed E-state index contributed by atoms with van der Waals surface area (Å²) in [4.78, 5) is 13.6. The fourth-order valence-electron chi connectivity index (χ4n) is 1.92. The van der Waals surface area contributed by atoms with E-state index in [9.17, 15) is 9.18 Å². The maximum Gasteiger partial charge on any atom is 0.224 e. The Labute approximate surface area is 118 Å². The zero-order chi connectivity index (χ0) is 15.1. The Kier molecular flexibility index (Phi) is 6.09. The van der Waals surface area contributed by atoms with Crippen LogP contribution in [0.15, 0.2) is 12.1 Å². The predicted octanol–water partition coefficient (Wildman–Crippen LogP) is 2.09. The Bertz CT molecular complexity index is 462. The molecule has 0 unspecified atom stereocenters. The van der Waals surface area contributed by atoms with Gasteiger partial charge in [0, 0.05) is 38.2 Å². The highest BCUT2D eigenvalue weighted by Crippen LogP contribution is 2.27. The minimum absolute atomic E-state index is 0.0788. The highest BCUT2D eigenvalue weighted by Gasteiger charge is 2.11. The van der Waals surface area contributed by atoms with Gasteiger partial charge in [-0.2, -0.15) is 0 Å². The second-order valence-corrected chi connectivity index (χ2v) is 4.32. The van der Waals surface area contributed by atoms with Gasteiger partial charge >= 0.3 is 0 Å². The van der Waals surface area contributed by atoms with Crippen LogP contribution in [0.4, 0.5) is 15.8 Å². The molecule has 0 saturated heterocycles. The third-order valence-corrected chi connectivity index (χ3v) is 3.09. The van der Waals surface area contributed by atoms with Crippen molar-refractivity contribution >= 4 is 17.3 Å². The Morgan fingerprint density at radius 1 is 1.40 bits per heavy atom. The van der Waals surface area contributed by atoms with Crippen molar-refractivity contribution in [1.29, 1.82) is 0 Å². The number of halogens is 1. The van der Waals surface area contributed by atoms with E-state index in [0.717, 1.165) is 0 Å². The number of hydrogen-bond acceptors (Lipinski definition) is 4. The Balaban J connectivity index is 2.60. The van der Waals surface area contributed by atoms with Gasteiger partial charge in [0.05, 0.1) is 18.5 Å². The summed E-state index contributed by atoms with van der Waals surface area (Å²) >= 11 is 0. The van der Waals surface area contributed by atoms with Crippen molar-refractivity contribution in [2.24, 2.45) is 0 Å². The average molecular weight is 283 g/mol. The average Bonchev–Trinajstić information content (AvgIpc) is 2.42. The lowest BCUT2D eigenvalue weighted by molar-refractivity contribution is -0.130. The minimum atomic E-state index is -0.505.